The third-order valence-corrected chi connectivity index (χ3v) is 7.12. The standard InChI is InChI=1S/C32H31F2N3O4/c1-19(23-5-9-25(33)10-6-23)17-27(24-7-11-26(34)12-8-24)41-32-30(39-16-15-37-14-13-35-18-37)28(21(3)38)20(2)29-31(32)40-22(4)36-29/h5-14,18-19,27H,15-17H2,1-4H3. The van der Waals surface area contributed by atoms with E-state index in [2.05, 4.69) is 9.97 Å². The van der Waals surface area contributed by atoms with Gasteiger partial charge in [-0.2, -0.15) is 0 Å². The molecule has 0 saturated carbocycles. The largest absolute Gasteiger partial charge is 0.487 e. The molecule has 5 rings (SSSR count). The number of aryl methyl sites for hydroxylation is 2. The molecule has 0 amide bonds. The minimum atomic E-state index is -0.595. The molecule has 0 radical (unpaired) electrons. The Labute approximate surface area is 236 Å². The topological polar surface area (TPSA) is 79.4 Å². The molecule has 0 aliphatic rings. The van der Waals surface area contributed by atoms with E-state index in [1.165, 1.54) is 31.2 Å². The van der Waals surface area contributed by atoms with Crippen LogP contribution in [0.25, 0.3) is 11.1 Å². The van der Waals surface area contributed by atoms with E-state index in [1.54, 1.807) is 43.7 Å². The summed E-state index contributed by atoms with van der Waals surface area (Å²) in [6.45, 7) is 7.75. The third kappa shape index (κ3) is 6.14. The van der Waals surface area contributed by atoms with Gasteiger partial charge in [0.1, 0.15) is 29.9 Å². The number of halogens is 2. The minimum Gasteiger partial charge on any atom is -0.487 e. The number of benzene rings is 3. The molecule has 212 valence electrons. The van der Waals surface area contributed by atoms with Crippen LogP contribution < -0.4 is 9.47 Å². The smallest absolute Gasteiger partial charge is 0.208 e. The molecule has 0 saturated heterocycles. The second kappa shape index (κ2) is 11.9. The second-order valence-electron chi connectivity index (χ2n) is 10.1. The van der Waals surface area contributed by atoms with Crippen LogP contribution in [0.3, 0.4) is 0 Å². The molecule has 41 heavy (non-hydrogen) atoms. The van der Waals surface area contributed by atoms with Crippen LogP contribution in [-0.2, 0) is 6.54 Å². The molecule has 2 unspecified atom stereocenters. The molecule has 0 fully saturated rings. The number of aromatic nitrogens is 3. The summed E-state index contributed by atoms with van der Waals surface area (Å²) in [5.74, 6) is -0.0141. The summed E-state index contributed by atoms with van der Waals surface area (Å²) < 4.78 is 48.4. The van der Waals surface area contributed by atoms with Crippen molar-refractivity contribution >= 4 is 16.9 Å². The van der Waals surface area contributed by atoms with Crippen LogP contribution in [0.5, 0.6) is 11.5 Å². The average molecular weight is 560 g/mol. The summed E-state index contributed by atoms with van der Waals surface area (Å²) in [5, 5.41) is 0. The van der Waals surface area contributed by atoms with E-state index >= 15 is 0 Å². The Morgan fingerprint density at radius 1 is 1.00 bits per heavy atom. The van der Waals surface area contributed by atoms with Crippen molar-refractivity contribution in [1.82, 2.24) is 14.5 Å². The van der Waals surface area contributed by atoms with Crippen LogP contribution in [0.4, 0.5) is 8.78 Å². The highest BCUT2D eigenvalue weighted by Crippen LogP contribution is 2.45. The SMILES string of the molecule is CC(=O)c1c(OCCn2ccnc2)c(OC(CC(C)c2ccc(F)cc2)c2ccc(F)cc2)c2oc(C)nc2c1C. The van der Waals surface area contributed by atoms with E-state index in [-0.39, 0.29) is 41.4 Å². The summed E-state index contributed by atoms with van der Waals surface area (Å²) in [6, 6.07) is 12.4. The van der Waals surface area contributed by atoms with Crippen LogP contribution in [0.2, 0.25) is 0 Å². The van der Waals surface area contributed by atoms with Gasteiger partial charge in [-0.1, -0.05) is 31.2 Å². The number of hydrogen-bond acceptors (Lipinski definition) is 6. The van der Waals surface area contributed by atoms with Crippen LogP contribution in [0, 0.1) is 25.5 Å². The Kier molecular flexibility index (Phi) is 8.14. The number of rotatable bonds is 11. The molecule has 2 aromatic heterocycles. The van der Waals surface area contributed by atoms with Gasteiger partial charge in [-0.15, -0.1) is 0 Å². The van der Waals surface area contributed by atoms with Gasteiger partial charge in [0.2, 0.25) is 11.3 Å². The first-order valence-electron chi connectivity index (χ1n) is 13.4. The molecule has 2 atom stereocenters. The van der Waals surface area contributed by atoms with Crippen LogP contribution in [0.1, 0.15) is 65.2 Å². The van der Waals surface area contributed by atoms with E-state index in [9.17, 15) is 13.6 Å². The lowest BCUT2D eigenvalue weighted by molar-refractivity contribution is 0.101. The van der Waals surface area contributed by atoms with Crippen LogP contribution in [-0.4, -0.2) is 26.9 Å². The highest BCUT2D eigenvalue weighted by Gasteiger charge is 2.29. The molecule has 3 aromatic carbocycles. The van der Waals surface area contributed by atoms with Gasteiger partial charge in [-0.3, -0.25) is 4.79 Å². The Hall–Kier alpha value is -4.53. The molecular weight excluding hydrogens is 528 g/mol. The fraction of sp³-hybridized carbons (Fsp3) is 0.281. The average Bonchev–Trinajstić information content (AvgIpc) is 3.60. The molecule has 0 aliphatic heterocycles. The first-order valence-corrected chi connectivity index (χ1v) is 13.4. The monoisotopic (exact) mass is 559 g/mol. The normalized spacial score (nSPS) is 12.8. The highest BCUT2D eigenvalue weighted by molar-refractivity contribution is 6.05. The lowest BCUT2D eigenvalue weighted by Crippen LogP contribution is -2.15. The fourth-order valence-electron chi connectivity index (χ4n) is 5.00. The van der Waals surface area contributed by atoms with E-state index in [0.29, 0.717) is 41.1 Å². The van der Waals surface area contributed by atoms with E-state index in [4.69, 9.17) is 13.9 Å². The number of Topliss-reactive ketones (excluding diaryl/α,β-unsaturated/α-hetero) is 1. The van der Waals surface area contributed by atoms with Crippen molar-refractivity contribution in [2.75, 3.05) is 6.61 Å². The number of oxazole rings is 1. The molecular formula is C32H31F2N3O4. The van der Waals surface area contributed by atoms with Gasteiger partial charge < -0.3 is 18.5 Å². The number of ether oxygens (including phenoxy) is 2. The van der Waals surface area contributed by atoms with Crippen molar-refractivity contribution in [3.05, 3.63) is 107 Å². The van der Waals surface area contributed by atoms with Crippen LogP contribution >= 0.6 is 0 Å². The molecule has 9 heteroatoms. The first kappa shape index (κ1) is 28.0. The quantitative estimate of drug-likeness (QED) is 0.156. The zero-order chi connectivity index (χ0) is 29.1. The lowest BCUT2D eigenvalue weighted by atomic mass is 9.92. The molecule has 5 aromatic rings. The Balaban J connectivity index is 1.60. The molecule has 0 N–H and O–H groups in total. The van der Waals surface area contributed by atoms with Crippen molar-refractivity contribution in [3.8, 4) is 11.5 Å². The maximum Gasteiger partial charge on any atom is 0.208 e. The lowest BCUT2D eigenvalue weighted by Gasteiger charge is -2.25. The molecule has 0 aliphatic carbocycles. The number of hydrogen-bond donors (Lipinski definition) is 0. The Morgan fingerprint density at radius 3 is 2.27 bits per heavy atom. The number of fused-ring (bicyclic) bond motifs is 1. The number of nitrogens with zero attached hydrogens (tertiary/aromatic N) is 3. The van der Waals surface area contributed by atoms with Crippen molar-refractivity contribution in [1.29, 1.82) is 0 Å². The van der Waals surface area contributed by atoms with Gasteiger partial charge in [-0.25, -0.2) is 18.7 Å². The van der Waals surface area contributed by atoms with E-state index < -0.39 is 6.10 Å². The van der Waals surface area contributed by atoms with Crippen molar-refractivity contribution in [2.45, 2.75) is 52.7 Å². The number of carbonyl (C=O) groups is 1. The minimum absolute atomic E-state index is 0.0547. The molecule has 7 nitrogen and oxygen atoms in total. The third-order valence-electron chi connectivity index (χ3n) is 7.12. The summed E-state index contributed by atoms with van der Waals surface area (Å²) in [5.41, 5.74) is 3.51. The molecule has 2 heterocycles. The summed E-state index contributed by atoms with van der Waals surface area (Å²) in [7, 11) is 0. The van der Waals surface area contributed by atoms with Gasteiger partial charge in [0.15, 0.2) is 17.4 Å². The maximum atomic E-state index is 13.9. The predicted molar refractivity (Wildman–Crippen MR) is 150 cm³/mol. The Bertz CT molecular complexity index is 1650. The molecule has 0 spiro atoms. The van der Waals surface area contributed by atoms with Crippen molar-refractivity contribution in [3.63, 3.8) is 0 Å². The number of carbonyl (C=O) groups excluding carboxylic acids is 1. The zero-order valence-electron chi connectivity index (χ0n) is 23.4. The Morgan fingerprint density at radius 2 is 1.66 bits per heavy atom. The zero-order valence-corrected chi connectivity index (χ0v) is 23.4. The van der Waals surface area contributed by atoms with E-state index in [1.807, 2.05) is 24.6 Å². The summed E-state index contributed by atoms with van der Waals surface area (Å²) in [4.78, 5) is 21.6. The van der Waals surface area contributed by atoms with Crippen LogP contribution in [0.15, 0.2) is 71.7 Å². The predicted octanol–water partition coefficient (Wildman–Crippen LogP) is 7.51. The summed E-state index contributed by atoms with van der Waals surface area (Å²) >= 11 is 0. The van der Waals surface area contributed by atoms with Gasteiger partial charge in [0, 0.05) is 19.3 Å². The first-order chi connectivity index (χ1) is 19.7. The van der Waals surface area contributed by atoms with Gasteiger partial charge >= 0.3 is 0 Å². The molecule has 0 bridgehead atoms. The fourth-order valence-corrected chi connectivity index (χ4v) is 5.00. The van der Waals surface area contributed by atoms with Gasteiger partial charge in [0.25, 0.3) is 0 Å². The number of ketones is 1. The van der Waals surface area contributed by atoms with Gasteiger partial charge in [-0.05, 0) is 67.1 Å². The van der Waals surface area contributed by atoms with Crippen molar-refractivity contribution in [2.24, 2.45) is 0 Å². The van der Waals surface area contributed by atoms with Gasteiger partial charge in [0.05, 0.1) is 18.4 Å². The number of imidazole rings is 1. The highest BCUT2D eigenvalue weighted by atomic mass is 19.1. The maximum absolute atomic E-state index is 13.9. The van der Waals surface area contributed by atoms with Crippen molar-refractivity contribution < 1.29 is 27.5 Å². The second-order valence-corrected chi connectivity index (χ2v) is 10.1. The summed E-state index contributed by atoms with van der Waals surface area (Å²) in [6.07, 6.45) is 5.05. The van der Waals surface area contributed by atoms with E-state index in [0.717, 1.165) is 11.1 Å².